The van der Waals surface area contributed by atoms with Crippen LogP contribution in [-0.2, 0) is 27.2 Å². The fraction of sp³-hybridized carbons (Fsp3) is 0.423. The van der Waals surface area contributed by atoms with Gasteiger partial charge in [-0.05, 0) is 30.0 Å². The van der Waals surface area contributed by atoms with Gasteiger partial charge in [0.25, 0.3) is 0 Å². The largest absolute Gasteiger partial charge is 0.449 e. The third-order valence-corrected chi connectivity index (χ3v) is 5.65. The maximum atomic E-state index is 12.5. The van der Waals surface area contributed by atoms with Crippen LogP contribution in [0.25, 0.3) is 5.69 Å². The number of hydrogen-bond donors (Lipinski definition) is 2. The minimum atomic E-state index is -0.517. The molecule has 0 aliphatic carbocycles. The molecule has 3 heterocycles. The van der Waals surface area contributed by atoms with E-state index in [1.807, 2.05) is 26.1 Å². The van der Waals surface area contributed by atoms with E-state index in [9.17, 15) is 14.4 Å². The van der Waals surface area contributed by atoms with Crippen molar-refractivity contribution in [2.45, 2.75) is 45.7 Å². The highest BCUT2D eigenvalue weighted by Crippen LogP contribution is 2.14. The SMILES string of the molecule is CC(C)COC(=O)Nc1cccc(Cc2nn(-c3cnn(CCCC(=O)NC4COC4)c3)ccc2=O)c1. The van der Waals surface area contributed by atoms with E-state index >= 15 is 0 Å². The first kappa shape index (κ1) is 26.1. The summed E-state index contributed by atoms with van der Waals surface area (Å²) >= 11 is 0. The van der Waals surface area contributed by atoms with Crippen molar-refractivity contribution in [1.29, 1.82) is 0 Å². The number of ether oxygens (including phenoxy) is 2. The number of aryl methyl sites for hydroxylation is 1. The number of hydrogen-bond acceptors (Lipinski definition) is 7. The number of carbonyl (C=O) groups is 2. The van der Waals surface area contributed by atoms with Gasteiger partial charge in [-0.2, -0.15) is 10.2 Å². The Bertz CT molecular complexity index is 1280. The van der Waals surface area contributed by atoms with E-state index in [1.165, 1.54) is 6.07 Å². The first-order valence-corrected chi connectivity index (χ1v) is 12.4. The van der Waals surface area contributed by atoms with E-state index in [4.69, 9.17) is 9.47 Å². The predicted molar refractivity (Wildman–Crippen MR) is 137 cm³/mol. The fourth-order valence-electron chi connectivity index (χ4n) is 3.68. The molecule has 0 saturated carbocycles. The molecule has 0 spiro atoms. The molecule has 0 atom stereocenters. The van der Waals surface area contributed by atoms with Crippen LogP contribution >= 0.6 is 0 Å². The second kappa shape index (κ2) is 12.3. The van der Waals surface area contributed by atoms with Crippen molar-refractivity contribution >= 4 is 17.7 Å². The molecule has 1 aliphatic rings. The Morgan fingerprint density at radius 2 is 2.08 bits per heavy atom. The molecule has 0 unspecified atom stereocenters. The van der Waals surface area contributed by atoms with Crippen molar-refractivity contribution in [3.05, 3.63) is 70.4 Å². The Labute approximate surface area is 214 Å². The van der Waals surface area contributed by atoms with E-state index in [1.54, 1.807) is 40.0 Å². The van der Waals surface area contributed by atoms with Crippen LogP contribution in [0.2, 0.25) is 0 Å². The number of amides is 2. The minimum Gasteiger partial charge on any atom is -0.449 e. The minimum absolute atomic E-state index is 0.0131. The maximum Gasteiger partial charge on any atom is 0.411 e. The summed E-state index contributed by atoms with van der Waals surface area (Å²) in [7, 11) is 0. The Kier molecular flexibility index (Phi) is 8.68. The van der Waals surface area contributed by atoms with Gasteiger partial charge in [0.05, 0.1) is 38.3 Å². The van der Waals surface area contributed by atoms with Crippen molar-refractivity contribution in [2.75, 3.05) is 25.1 Å². The van der Waals surface area contributed by atoms with Gasteiger partial charge in [0.1, 0.15) is 11.4 Å². The number of benzene rings is 1. The maximum absolute atomic E-state index is 12.5. The lowest BCUT2D eigenvalue weighted by Gasteiger charge is -2.26. The van der Waals surface area contributed by atoms with Crippen molar-refractivity contribution in [2.24, 2.45) is 5.92 Å². The van der Waals surface area contributed by atoms with Gasteiger partial charge in [-0.15, -0.1) is 0 Å². The first-order valence-electron chi connectivity index (χ1n) is 12.4. The lowest BCUT2D eigenvalue weighted by atomic mass is 10.1. The number of carbonyl (C=O) groups excluding carboxylic acids is 2. The number of rotatable bonds is 11. The lowest BCUT2D eigenvalue weighted by molar-refractivity contribution is -0.125. The molecule has 1 fully saturated rings. The van der Waals surface area contributed by atoms with Crippen molar-refractivity contribution in [3.8, 4) is 5.69 Å². The monoisotopic (exact) mass is 508 g/mol. The number of nitrogens with zero attached hydrogens (tertiary/aromatic N) is 4. The summed E-state index contributed by atoms with van der Waals surface area (Å²) in [6.45, 7) is 6.01. The predicted octanol–water partition coefficient (Wildman–Crippen LogP) is 2.52. The second-order valence-corrected chi connectivity index (χ2v) is 9.43. The van der Waals surface area contributed by atoms with Crippen LogP contribution < -0.4 is 16.1 Å². The summed E-state index contributed by atoms with van der Waals surface area (Å²) in [6.07, 6.45) is 5.94. The molecule has 4 rings (SSSR count). The number of anilines is 1. The molecule has 1 aliphatic heterocycles. The highest BCUT2D eigenvalue weighted by Gasteiger charge is 2.19. The Morgan fingerprint density at radius 1 is 1.24 bits per heavy atom. The Balaban J connectivity index is 1.35. The van der Waals surface area contributed by atoms with Crippen LogP contribution in [0.15, 0.2) is 53.7 Å². The third kappa shape index (κ3) is 7.74. The Morgan fingerprint density at radius 3 is 2.84 bits per heavy atom. The van der Waals surface area contributed by atoms with Crippen LogP contribution in [0, 0.1) is 5.92 Å². The highest BCUT2D eigenvalue weighted by molar-refractivity contribution is 5.84. The van der Waals surface area contributed by atoms with Gasteiger partial charge < -0.3 is 14.8 Å². The summed E-state index contributed by atoms with van der Waals surface area (Å²) in [5.74, 6) is 0.258. The van der Waals surface area contributed by atoms with Gasteiger partial charge in [0.2, 0.25) is 11.3 Å². The molecule has 11 heteroatoms. The van der Waals surface area contributed by atoms with Crippen LogP contribution in [0.5, 0.6) is 0 Å². The van der Waals surface area contributed by atoms with Crippen molar-refractivity contribution in [1.82, 2.24) is 24.9 Å². The zero-order chi connectivity index (χ0) is 26.2. The van der Waals surface area contributed by atoms with Gasteiger partial charge >= 0.3 is 6.09 Å². The van der Waals surface area contributed by atoms with Gasteiger partial charge in [0, 0.05) is 37.3 Å². The summed E-state index contributed by atoms with van der Waals surface area (Å²) in [4.78, 5) is 36.4. The van der Waals surface area contributed by atoms with E-state index in [0.717, 1.165) is 5.56 Å². The van der Waals surface area contributed by atoms with Crippen LogP contribution in [0.1, 0.15) is 37.9 Å². The molecule has 1 saturated heterocycles. The molecule has 0 bridgehead atoms. The van der Waals surface area contributed by atoms with E-state index < -0.39 is 6.09 Å². The summed E-state index contributed by atoms with van der Waals surface area (Å²) < 4.78 is 13.6. The summed E-state index contributed by atoms with van der Waals surface area (Å²) in [5.41, 5.74) is 2.30. The number of aromatic nitrogens is 4. The van der Waals surface area contributed by atoms with Gasteiger partial charge in [0.15, 0.2) is 0 Å². The van der Waals surface area contributed by atoms with Crippen LogP contribution in [0.4, 0.5) is 10.5 Å². The van der Waals surface area contributed by atoms with Gasteiger partial charge in [-0.25, -0.2) is 9.48 Å². The molecular weight excluding hydrogens is 476 g/mol. The lowest BCUT2D eigenvalue weighted by Crippen LogP contribution is -2.48. The summed E-state index contributed by atoms with van der Waals surface area (Å²) in [6, 6.07) is 8.83. The molecule has 196 valence electrons. The van der Waals surface area contributed by atoms with Crippen LogP contribution in [0.3, 0.4) is 0 Å². The second-order valence-electron chi connectivity index (χ2n) is 9.43. The molecular formula is C26H32N6O5. The molecule has 0 radical (unpaired) electrons. The third-order valence-electron chi connectivity index (χ3n) is 5.65. The molecule has 3 aromatic rings. The van der Waals surface area contributed by atoms with Crippen molar-refractivity contribution in [3.63, 3.8) is 0 Å². The zero-order valence-electron chi connectivity index (χ0n) is 21.1. The topological polar surface area (TPSA) is 129 Å². The van der Waals surface area contributed by atoms with Crippen LogP contribution in [-0.4, -0.2) is 57.4 Å². The fourth-order valence-corrected chi connectivity index (χ4v) is 3.68. The average Bonchev–Trinajstić information content (AvgIpc) is 3.31. The molecule has 1 aromatic carbocycles. The molecule has 2 aromatic heterocycles. The average molecular weight is 509 g/mol. The summed E-state index contributed by atoms with van der Waals surface area (Å²) in [5, 5.41) is 14.5. The zero-order valence-corrected chi connectivity index (χ0v) is 21.1. The number of nitrogens with one attached hydrogen (secondary N) is 2. The van der Waals surface area contributed by atoms with Gasteiger partial charge in [-0.3, -0.25) is 19.6 Å². The normalized spacial score (nSPS) is 13.3. The highest BCUT2D eigenvalue weighted by atomic mass is 16.5. The van der Waals surface area contributed by atoms with Gasteiger partial charge in [-0.1, -0.05) is 26.0 Å². The van der Waals surface area contributed by atoms with E-state index in [-0.39, 0.29) is 23.3 Å². The van der Waals surface area contributed by atoms with E-state index in [0.29, 0.717) is 62.7 Å². The smallest absolute Gasteiger partial charge is 0.411 e. The van der Waals surface area contributed by atoms with Crippen molar-refractivity contribution < 1.29 is 19.1 Å². The first-order chi connectivity index (χ1) is 17.9. The molecule has 11 nitrogen and oxygen atoms in total. The molecule has 2 amide bonds. The molecule has 2 N–H and O–H groups in total. The standard InChI is InChI=1S/C26H32N6O5/c1-18(2)15-37-26(35)29-20-6-3-5-19(11-20)12-23-24(33)8-10-32(30-23)22-13-27-31(14-22)9-4-7-25(34)28-21-16-36-17-21/h3,5-6,8,10-11,13-14,18,21H,4,7,9,12,15-17H2,1-2H3,(H,28,34)(H,29,35). The van der Waals surface area contributed by atoms with E-state index in [2.05, 4.69) is 20.8 Å². The quantitative estimate of drug-likeness (QED) is 0.407. The Hall–Kier alpha value is -3.99. The molecule has 37 heavy (non-hydrogen) atoms.